The van der Waals surface area contributed by atoms with Gasteiger partial charge in [-0.2, -0.15) is 0 Å². The van der Waals surface area contributed by atoms with Crippen molar-refractivity contribution in [1.82, 2.24) is 10.3 Å². The average Bonchev–Trinajstić information content (AvgIpc) is 2.79. The fraction of sp³-hybridized carbons (Fsp3) is 0.500. The number of unbranched alkanes of at least 4 members (excludes halogenated alkanes) is 2. The van der Waals surface area contributed by atoms with Crippen LogP contribution in [0.25, 0.3) is 0 Å². The molecular formula is C26H35N5O2. The van der Waals surface area contributed by atoms with Crippen LogP contribution in [0.15, 0.2) is 42.5 Å². The third-order valence-corrected chi connectivity index (χ3v) is 6.78. The monoisotopic (exact) mass is 449 g/mol. The largest absolute Gasteiger partial charge is 0.472 e. The van der Waals surface area contributed by atoms with Crippen molar-refractivity contribution in [1.29, 1.82) is 5.41 Å². The molecule has 7 nitrogen and oxygen atoms in total. The molecule has 1 aromatic heterocycles. The Labute approximate surface area is 196 Å². The number of ether oxygens (including phenoxy) is 1. The molecular weight excluding hydrogens is 414 g/mol. The predicted octanol–water partition coefficient (Wildman–Crippen LogP) is 4.31. The Morgan fingerprint density at radius 2 is 2.06 bits per heavy atom. The van der Waals surface area contributed by atoms with Crippen LogP contribution >= 0.6 is 0 Å². The Kier molecular flexibility index (Phi) is 6.98. The molecule has 33 heavy (non-hydrogen) atoms. The molecule has 2 aliphatic heterocycles. The van der Waals surface area contributed by atoms with E-state index in [0.29, 0.717) is 29.7 Å². The van der Waals surface area contributed by atoms with Crippen molar-refractivity contribution in [3.8, 4) is 5.75 Å². The number of nitrogens with zero attached hydrogens (tertiary/aromatic N) is 2. The molecule has 1 aromatic carbocycles. The predicted molar refractivity (Wildman–Crippen MR) is 131 cm³/mol. The maximum Gasteiger partial charge on any atom is 0.274 e. The van der Waals surface area contributed by atoms with E-state index < -0.39 is 6.10 Å². The lowest BCUT2D eigenvalue weighted by atomic mass is 9.84. The molecule has 0 saturated carbocycles. The number of hydrogen-bond acceptors (Lipinski definition) is 5. The molecule has 4 rings (SSSR count). The first kappa shape index (κ1) is 23.2. The summed E-state index contributed by atoms with van der Waals surface area (Å²) >= 11 is 0. The SMILES string of the molecule is C[C@H]1CCC[C@@](C)(CCCCCN2C(=O)C(c3cccc(C(=N)N)n3)Oc3ccccc32)N1. The van der Waals surface area contributed by atoms with Crippen LogP contribution < -0.4 is 20.7 Å². The van der Waals surface area contributed by atoms with Crippen molar-refractivity contribution < 1.29 is 9.53 Å². The zero-order chi connectivity index (χ0) is 23.4. The van der Waals surface area contributed by atoms with E-state index in [1.165, 1.54) is 19.3 Å². The van der Waals surface area contributed by atoms with Crippen LogP contribution in [0, 0.1) is 5.41 Å². The van der Waals surface area contributed by atoms with Gasteiger partial charge in [0, 0.05) is 18.1 Å². The maximum atomic E-state index is 13.4. The number of piperidine rings is 1. The van der Waals surface area contributed by atoms with E-state index in [0.717, 1.165) is 31.4 Å². The normalized spacial score (nSPS) is 24.8. The van der Waals surface area contributed by atoms with Crippen LogP contribution in [0.3, 0.4) is 0 Å². The molecule has 1 amide bonds. The summed E-state index contributed by atoms with van der Waals surface area (Å²) in [4.78, 5) is 19.7. The number of nitrogen functional groups attached to an aromatic ring is 1. The van der Waals surface area contributed by atoms with Gasteiger partial charge in [0.25, 0.3) is 5.91 Å². The molecule has 1 saturated heterocycles. The van der Waals surface area contributed by atoms with Gasteiger partial charge in [-0.25, -0.2) is 4.98 Å². The van der Waals surface area contributed by atoms with Gasteiger partial charge >= 0.3 is 0 Å². The highest BCUT2D eigenvalue weighted by molar-refractivity contribution is 6.00. The first-order valence-corrected chi connectivity index (χ1v) is 12.0. The summed E-state index contributed by atoms with van der Waals surface area (Å²) in [6.07, 6.45) is 7.26. The minimum absolute atomic E-state index is 0.128. The molecule has 7 heteroatoms. The molecule has 3 atom stereocenters. The number of amides is 1. The number of nitrogens with one attached hydrogen (secondary N) is 2. The number of fused-ring (bicyclic) bond motifs is 1. The Hall–Kier alpha value is -2.93. The highest BCUT2D eigenvalue weighted by atomic mass is 16.5. The van der Waals surface area contributed by atoms with Crippen LogP contribution in [0.5, 0.6) is 5.75 Å². The average molecular weight is 450 g/mol. The summed E-state index contributed by atoms with van der Waals surface area (Å²) in [6, 6.07) is 13.4. The first-order valence-electron chi connectivity index (χ1n) is 12.0. The third kappa shape index (κ3) is 5.36. The van der Waals surface area contributed by atoms with E-state index in [1.54, 1.807) is 18.2 Å². The zero-order valence-corrected chi connectivity index (χ0v) is 19.6. The number of pyridine rings is 1. The molecule has 4 N–H and O–H groups in total. The van der Waals surface area contributed by atoms with E-state index >= 15 is 0 Å². The second-order valence-electron chi connectivity index (χ2n) is 9.63. The van der Waals surface area contributed by atoms with Gasteiger partial charge in [0.1, 0.15) is 17.3 Å². The summed E-state index contributed by atoms with van der Waals surface area (Å²) in [6.45, 7) is 5.26. The third-order valence-electron chi connectivity index (χ3n) is 6.78. The van der Waals surface area contributed by atoms with Gasteiger partial charge in [0.15, 0.2) is 0 Å². The number of benzene rings is 1. The molecule has 0 spiro atoms. The second-order valence-corrected chi connectivity index (χ2v) is 9.63. The Balaban J connectivity index is 1.42. The van der Waals surface area contributed by atoms with Gasteiger partial charge in [-0.05, 0) is 63.8 Å². The Morgan fingerprint density at radius 1 is 1.24 bits per heavy atom. The number of aromatic nitrogens is 1. The summed E-state index contributed by atoms with van der Waals surface area (Å²) in [5.41, 5.74) is 7.44. The molecule has 1 fully saturated rings. The number of carbonyl (C=O) groups excluding carboxylic acids is 1. The van der Waals surface area contributed by atoms with Crippen LogP contribution in [-0.4, -0.2) is 34.9 Å². The van der Waals surface area contributed by atoms with Crippen LogP contribution in [-0.2, 0) is 4.79 Å². The van der Waals surface area contributed by atoms with Crippen molar-refractivity contribution in [2.45, 2.75) is 76.5 Å². The highest BCUT2D eigenvalue weighted by Gasteiger charge is 2.36. The Bertz CT molecular complexity index is 1010. The minimum Gasteiger partial charge on any atom is -0.472 e. The topological polar surface area (TPSA) is 104 Å². The lowest BCUT2D eigenvalue weighted by Crippen LogP contribution is -2.50. The van der Waals surface area contributed by atoms with Gasteiger partial charge in [-0.1, -0.05) is 37.5 Å². The lowest BCUT2D eigenvalue weighted by molar-refractivity contribution is -0.126. The van der Waals surface area contributed by atoms with E-state index in [1.807, 2.05) is 29.2 Å². The van der Waals surface area contributed by atoms with Crippen molar-refractivity contribution in [2.24, 2.45) is 5.73 Å². The number of para-hydroxylation sites is 2. The summed E-state index contributed by atoms with van der Waals surface area (Å²) < 4.78 is 6.05. The van der Waals surface area contributed by atoms with Gasteiger partial charge < -0.3 is 20.7 Å². The van der Waals surface area contributed by atoms with E-state index in [-0.39, 0.29) is 17.3 Å². The standard InChI is InChI=1S/C26H35N5O2/c1-18-10-9-16-26(2,30-18)15-6-3-7-17-31-21-13-4-5-14-22(21)33-23(25(31)32)19-11-8-12-20(29-19)24(27)28/h4-5,8,11-14,18,23,30H,3,6-7,9-10,15-17H2,1-2H3,(H3,27,28)/t18-,23?,26+/m0/s1. The van der Waals surface area contributed by atoms with E-state index in [9.17, 15) is 4.79 Å². The summed E-state index contributed by atoms with van der Waals surface area (Å²) in [5.74, 6) is 0.412. The van der Waals surface area contributed by atoms with Gasteiger partial charge in [0.2, 0.25) is 6.10 Å². The highest BCUT2D eigenvalue weighted by Crippen LogP contribution is 2.38. The number of rotatable bonds is 8. The number of anilines is 1. The molecule has 1 unspecified atom stereocenters. The maximum absolute atomic E-state index is 13.4. The van der Waals surface area contributed by atoms with Crippen molar-refractivity contribution >= 4 is 17.4 Å². The van der Waals surface area contributed by atoms with Crippen LogP contribution in [0.4, 0.5) is 5.69 Å². The molecule has 3 heterocycles. The molecule has 176 valence electrons. The molecule has 0 radical (unpaired) electrons. The van der Waals surface area contributed by atoms with Crippen molar-refractivity contribution in [2.75, 3.05) is 11.4 Å². The molecule has 0 bridgehead atoms. The fourth-order valence-corrected chi connectivity index (χ4v) is 5.08. The summed E-state index contributed by atoms with van der Waals surface area (Å²) in [7, 11) is 0. The van der Waals surface area contributed by atoms with E-state index in [4.69, 9.17) is 15.9 Å². The van der Waals surface area contributed by atoms with Crippen LogP contribution in [0.2, 0.25) is 0 Å². The Morgan fingerprint density at radius 3 is 2.85 bits per heavy atom. The molecule has 0 aliphatic carbocycles. The first-order chi connectivity index (χ1) is 15.9. The second kappa shape index (κ2) is 9.91. The van der Waals surface area contributed by atoms with Gasteiger partial charge in [-0.15, -0.1) is 0 Å². The lowest BCUT2D eigenvalue weighted by Gasteiger charge is -2.39. The smallest absolute Gasteiger partial charge is 0.274 e. The van der Waals surface area contributed by atoms with Gasteiger partial charge in [-0.3, -0.25) is 10.2 Å². The van der Waals surface area contributed by atoms with Crippen LogP contribution in [0.1, 0.15) is 76.3 Å². The zero-order valence-electron chi connectivity index (χ0n) is 19.6. The van der Waals surface area contributed by atoms with E-state index in [2.05, 4.69) is 24.1 Å². The molecule has 2 aromatic rings. The van der Waals surface area contributed by atoms with Crippen molar-refractivity contribution in [3.63, 3.8) is 0 Å². The molecule has 2 aliphatic rings. The van der Waals surface area contributed by atoms with Crippen molar-refractivity contribution in [3.05, 3.63) is 53.9 Å². The summed E-state index contributed by atoms with van der Waals surface area (Å²) in [5, 5.41) is 11.4. The number of amidine groups is 1. The number of carbonyl (C=O) groups is 1. The number of nitrogens with two attached hydrogens (primary N) is 1. The minimum atomic E-state index is -0.842. The quantitative estimate of drug-likeness (QED) is 0.316. The number of hydrogen-bond donors (Lipinski definition) is 3. The van der Waals surface area contributed by atoms with Gasteiger partial charge in [0.05, 0.1) is 11.4 Å². The fourth-order valence-electron chi connectivity index (χ4n) is 5.08.